The molecule has 2 fully saturated rings. The molecule has 3 aliphatic rings. The average molecular weight is 677 g/mol. The lowest BCUT2D eigenvalue weighted by molar-refractivity contribution is -0.000510. The number of hydrogen-bond acceptors (Lipinski definition) is 8. The Morgan fingerprint density at radius 2 is 1.84 bits per heavy atom. The Morgan fingerprint density at radius 1 is 1.04 bits per heavy atom. The molecule has 0 atom stereocenters. The molecule has 2 N–H and O–H groups in total. The van der Waals surface area contributed by atoms with E-state index in [9.17, 15) is 18.8 Å². The Morgan fingerprint density at radius 3 is 2.61 bits per heavy atom. The number of pyridine rings is 3. The van der Waals surface area contributed by atoms with Gasteiger partial charge in [-0.15, -0.1) is 11.3 Å². The molecule has 10 nitrogen and oxygen atoms in total. The van der Waals surface area contributed by atoms with Gasteiger partial charge in [-0.2, -0.15) is 0 Å². The largest absolute Gasteiger partial charge is 0.381 e. The summed E-state index contributed by atoms with van der Waals surface area (Å²) in [5.41, 5.74) is 4.68. The number of anilines is 3. The number of thiophene rings is 1. The molecule has 0 bridgehead atoms. The van der Waals surface area contributed by atoms with Crippen LogP contribution in [0.15, 0.2) is 78.0 Å². The number of fused-ring (bicyclic) bond motifs is 3. The Hall–Kier alpha value is -5.20. The summed E-state index contributed by atoms with van der Waals surface area (Å²) >= 11 is 1.40. The maximum absolute atomic E-state index is 14.6. The van der Waals surface area contributed by atoms with E-state index in [1.165, 1.54) is 17.4 Å². The van der Waals surface area contributed by atoms with Crippen LogP contribution in [-0.2, 0) is 11.2 Å². The van der Waals surface area contributed by atoms with E-state index in [1.807, 2.05) is 19.1 Å². The van der Waals surface area contributed by atoms with E-state index in [0.717, 1.165) is 66.2 Å². The summed E-state index contributed by atoms with van der Waals surface area (Å²) in [6.07, 6.45) is 7.04. The van der Waals surface area contributed by atoms with Crippen LogP contribution < -0.4 is 20.7 Å². The highest BCUT2D eigenvalue weighted by atomic mass is 32.1. The molecule has 49 heavy (non-hydrogen) atoms. The fraction of sp³-hybridized carbons (Fsp3) is 0.270. The number of nitrogens with one attached hydrogen (secondary N) is 2. The van der Waals surface area contributed by atoms with E-state index in [4.69, 9.17) is 4.74 Å². The second kappa shape index (κ2) is 12.4. The molecule has 3 aliphatic heterocycles. The number of hydrogen-bond donors (Lipinski definition) is 2. The van der Waals surface area contributed by atoms with Crippen molar-refractivity contribution in [3.8, 4) is 21.0 Å². The lowest BCUT2D eigenvalue weighted by Crippen LogP contribution is -2.59. The quantitative estimate of drug-likeness (QED) is 0.232. The van der Waals surface area contributed by atoms with Gasteiger partial charge in [-0.25, -0.2) is 9.37 Å². The Bertz CT molecular complexity index is 2150. The van der Waals surface area contributed by atoms with Crippen molar-refractivity contribution in [2.75, 3.05) is 48.0 Å². The molecule has 1 spiro atoms. The molecule has 0 saturated carbocycles. The first-order chi connectivity index (χ1) is 23.8. The SMILES string of the molecule is Cc1cnc(N2CC3(CCOCC3)C2)c(C(=O)Nc2ccc(C(=O)N3CCc4cc(-c5ccc[nH]c5=O)sc4-c4ncc(F)cc43)cc2)c1. The van der Waals surface area contributed by atoms with Crippen LogP contribution >= 0.6 is 11.3 Å². The topological polar surface area (TPSA) is 121 Å². The van der Waals surface area contributed by atoms with Crippen LogP contribution in [0.25, 0.3) is 21.0 Å². The normalized spacial score (nSPS) is 16.4. The number of aryl methyl sites for hydroxylation is 1. The highest BCUT2D eigenvalue weighted by molar-refractivity contribution is 7.19. The van der Waals surface area contributed by atoms with Gasteiger partial charge in [-0.05, 0) is 85.8 Å². The predicted octanol–water partition coefficient (Wildman–Crippen LogP) is 6.08. The van der Waals surface area contributed by atoms with Crippen LogP contribution in [0.5, 0.6) is 0 Å². The molecule has 0 radical (unpaired) electrons. The van der Waals surface area contributed by atoms with Crippen molar-refractivity contribution in [3.05, 3.63) is 112 Å². The van der Waals surface area contributed by atoms with Crippen molar-refractivity contribution in [1.82, 2.24) is 15.0 Å². The van der Waals surface area contributed by atoms with Gasteiger partial charge in [0.05, 0.1) is 27.9 Å². The van der Waals surface area contributed by atoms with Crippen molar-refractivity contribution in [3.63, 3.8) is 0 Å². The van der Waals surface area contributed by atoms with Crippen LogP contribution in [0.4, 0.5) is 21.6 Å². The maximum atomic E-state index is 14.6. The van der Waals surface area contributed by atoms with E-state index in [-0.39, 0.29) is 29.3 Å². The van der Waals surface area contributed by atoms with Crippen LogP contribution in [0.3, 0.4) is 0 Å². The van der Waals surface area contributed by atoms with Gasteiger partial charge in [0.1, 0.15) is 17.3 Å². The molecule has 0 unspecified atom stereocenters. The summed E-state index contributed by atoms with van der Waals surface area (Å²) in [6, 6.07) is 15.4. The first-order valence-corrected chi connectivity index (χ1v) is 17.1. The number of H-pyrrole nitrogens is 1. The van der Waals surface area contributed by atoms with Crippen molar-refractivity contribution in [2.24, 2.45) is 5.41 Å². The minimum Gasteiger partial charge on any atom is -0.381 e. The Kier molecular flexibility index (Phi) is 7.84. The first kappa shape index (κ1) is 31.1. The zero-order valence-corrected chi connectivity index (χ0v) is 27.6. The first-order valence-electron chi connectivity index (χ1n) is 16.3. The molecule has 5 aromatic rings. The van der Waals surface area contributed by atoms with Gasteiger partial charge in [-0.3, -0.25) is 19.4 Å². The third-order valence-electron chi connectivity index (χ3n) is 9.63. The lowest BCUT2D eigenvalue weighted by Gasteiger charge is -2.53. The number of carbonyl (C=O) groups is 2. The van der Waals surface area contributed by atoms with Gasteiger partial charge in [0.15, 0.2) is 0 Å². The highest BCUT2D eigenvalue weighted by Gasteiger charge is 2.45. The van der Waals surface area contributed by atoms with Crippen LogP contribution in [0.1, 0.15) is 44.7 Å². The van der Waals surface area contributed by atoms with E-state index < -0.39 is 5.82 Å². The number of amides is 2. The minimum absolute atomic E-state index is 0.196. The molecular formula is C37H33FN6O4S. The highest BCUT2D eigenvalue weighted by Crippen LogP contribution is 2.44. The van der Waals surface area contributed by atoms with Crippen LogP contribution in [0.2, 0.25) is 0 Å². The van der Waals surface area contributed by atoms with Gasteiger partial charge >= 0.3 is 0 Å². The van der Waals surface area contributed by atoms with Gasteiger partial charge < -0.3 is 24.8 Å². The molecule has 12 heteroatoms. The van der Waals surface area contributed by atoms with Gasteiger partial charge in [0.2, 0.25) is 0 Å². The molecular weight excluding hydrogens is 644 g/mol. The fourth-order valence-electron chi connectivity index (χ4n) is 7.00. The fourth-order valence-corrected chi connectivity index (χ4v) is 8.24. The molecule has 1 aromatic carbocycles. The van der Waals surface area contributed by atoms with Crippen molar-refractivity contribution in [1.29, 1.82) is 0 Å². The van der Waals surface area contributed by atoms with Crippen molar-refractivity contribution >= 4 is 40.3 Å². The number of carbonyl (C=O) groups excluding carboxylic acids is 2. The third kappa shape index (κ3) is 5.80. The van der Waals surface area contributed by atoms with E-state index >= 15 is 0 Å². The summed E-state index contributed by atoms with van der Waals surface area (Å²) < 4.78 is 20.2. The average Bonchev–Trinajstić information content (AvgIpc) is 3.45. The molecule has 4 aromatic heterocycles. The second-order valence-corrected chi connectivity index (χ2v) is 14.0. The summed E-state index contributed by atoms with van der Waals surface area (Å²) in [4.78, 5) is 57.0. The monoisotopic (exact) mass is 676 g/mol. The third-order valence-corrected chi connectivity index (χ3v) is 10.8. The summed E-state index contributed by atoms with van der Waals surface area (Å²) in [7, 11) is 0. The Labute approximate surface area is 285 Å². The van der Waals surface area contributed by atoms with Crippen LogP contribution in [-0.4, -0.2) is 59.6 Å². The number of benzene rings is 1. The Balaban J connectivity index is 1.01. The van der Waals surface area contributed by atoms with Gasteiger partial charge in [0.25, 0.3) is 17.4 Å². The number of aromatic nitrogens is 3. The van der Waals surface area contributed by atoms with Gasteiger partial charge in [-0.1, -0.05) is 0 Å². The molecule has 7 heterocycles. The summed E-state index contributed by atoms with van der Waals surface area (Å²) in [6.45, 7) is 5.45. The summed E-state index contributed by atoms with van der Waals surface area (Å²) in [5, 5.41) is 2.98. The van der Waals surface area contributed by atoms with Crippen molar-refractivity contribution in [2.45, 2.75) is 26.2 Å². The number of rotatable bonds is 5. The number of ether oxygens (including phenoxy) is 1. The predicted molar refractivity (Wildman–Crippen MR) is 187 cm³/mol. The molecule has 248 valence electrons. The van der Waals surface area contributed by atoms with E-state index in [2.05, 4.69) is 25.2 Å². The molecule has 2 amide bonds. The van der Waals surface area contributed by atoms with Crippen molar-refractivity contribution < 1.29 is 18.7 Å². The van der Waals surface area contributed by atoms with E-state index in [1.54, 1.807) is 53.7 Å². The smallest absolute Gasteiger partial charge is 0.259 e. The molecule has 2 saturated heterocycles. The molecule has 8 rings (SSSR count). The number of nitrogens with zero attached hydrogens (tertiary/aromatic N) is 4. The standard InChI is InChI=1S/C37H33FN6O4S/c1-22-15-28(33(41-18-22)43-20-37(21-43)9-13-48-14-10-37)35(46)42-26-6-4-23(5-7-26)36(47)44-12-8-24-16-30(27-3-2-11-39-34(27)45)49-32(24)31-29(44)17-25(38)19-40-31/h2-7,11,15-19H,8-10,12-14,20-21H2,1H3,(H,39,45)(H,42,46). The molecule has 0 aliphatic carbocycles. The maximum Gasteiger partial charge on any atom is 0.259 e. The number of halogens is 1. The van der Waals surface area contributed by atoms with E-state index in [0.29, 0.717) is 46.0 Å². The summed E-state index contributed by atoms with van der Waals surface area (Å²) in [5.74, 6) is -0.472. The van der Waals surface area contributed by atoms with Crippen LogP contribution in [0, 0.1) is 18.2 Å². The zero-order valence-electron chi connectivity index (χ0n) is 26.8. The minimum atomic E-state index is -0.555. The number of aromatic amines is 1. The lowest BCUT2D eigenvalue weighted by atomic mass is 9.73. The van der Waals surface area contributed by atoms with Gasteiger partial charge in [0, 0.05) is 72.9 Å². The zero-order chi connectivity index (χ0) is 33.7. The second-order valence-electron chi connectivity index (χ2n) is 13.0.